The summed E-state index contributed by atoms with van der Waals surface area (Å²) in [6, 6.07) is 8.35. The molecule has 2 fully saturated rings. The highest BCUT2D eigenvalue weighted by Crippen LogP contribution is 2.25. The van der Waals surface area contributed by atoms with E-state index in [4.69, 9.17) is 0 Å². The lowest BCUT2D eigenvalue weighted by Gasteiger charge is -2.47. The Kier molecular flexibility index (Phi) is 7.06. The number of fused-ring (bicyclic) bond motifs is 1. The van der Waals surface area contributed by atoms with Gasteiger partial charge in [-0.05, 0) is 57.0 Å². The number of aromatic hydroxyl groups is 1. The number of nitrogens with one attached hydrogen (secondary N) is 1. The van der Waals surface area contributed by atoms with Crippen LogP contribution in [0, 0.1) is 0 Å². The van der Waals surface area contributed by atoms with Crippen LogP contribution >= 0.6 is 0 Å². The Morgan fingerprint density at radius 1 is 1.06 bits per heavy atom. The zero-order valence-corrected chi connectivity index (χ0v) is 21.1. The number of aromatic amines is 1. The van der Waals surface area contributed by atoms with E-state index in [1.165, 1.54) is 16.5 Å². The maximum atomic E-state index is 12.9. The molecule has 0 spiro atoms. The molecule has 0 aliphatic carbocycles. The number of phenols is 1. The number of piperidine rings is 1. The predicted molar refractivity (Wildman–Crippen MR) is 139 cm³/mol. The van der Waals surface area contributed by atoms with Gasteiger partial charge in [-0.25, -0.2) is 9.97 Å². The van der Waals surface area contributed by atoms with Crippen LogP contribution < -0.4 is 16.0 Å². The SMILES string of the molecule is CCC1CN(c2nc3ncn(CC)c(=O)c3[nH]c2=O)CCN1C1CCN(Cc2ccc(O)cc2)CC1. The molecule has 3 aromatic rings. The topological polar surface area (TPSA) is 111 Å². The van der Waals surface area contributed by atoms with Crippen LogP contribution in [0.25, 0.3) is 11.2 Å². The van der Waals surface area contributed by atoms with Gasteiger partial charge in [0, 0.05) is 44.8 Å². The minimum atomic E-state index is -0.332. The van der Waals surface area contributed by atoms with Crippen molar-refractivity contribution < 1.29 is 5.11 Å². The molecule has 10 heteroatoms. The van der Waals surface area contributed by atoms with Crippen molar-refractivity contribution in [2.24, 2.45) is 0 Å². The van der Waals surface area contributed by atoms with Gasteiger partial charge >= 0.3 is 0 Å². The highest BCUT2D eigenvalue weighted by Gasteiger charge is 2.34. The third kappa shape index (κ3) is 4.87. The lowest BCUT2D eigenvalue weighted by molar-refractivity contribution is 0.0610. The Labute approximate surface area is 210 Å². The average molecular weight is 494 g/mol. The summed E-state index contributed by atoms with van der Waals surface area (Å²) in [5, 5.41) is 9.51. The third-order valence-electron chi connectivity index (χ3n) is 7.68. The molecule has 2 aliphatic heterocycles. The summed E-state index contributed by atoms with van der Waals surface area (Å²) >= 11 is 0. The summed E-state index contributed by atoms with van der Waals surface area (Å²) in [6.45, 7) is 9.89. The van der Waals surface area contributed by atoms with Crippen molar-refractivity contribution in [3.05, 3.63) is 56.9 Å². The van der Waals surface area contributed by atoms with Crippen molar-refractivity contribution in [2.45, 2.75) is 58.3 Å². The van der Waals surface area contributed by atoms with Gasteiger partial charge in [-0.15, -0.1) is 0 Å². The lowest BCUT2D eigenvalue weighted by atomic mass is 9.98. The van der Waals surface area contributed by atoms with Crippen LogP contribution in [0.15, 0.2) is 40.2 Å². The number of nitrogens with zero attached hydrogens (tertiary/aromatic N) is 6. The highest BCUT2D eigenvalue weighted by molar-refractivity contribution is 5.69. The summed E-state index contributed by atoms with van der Waals surface area (Å²) in [6.07, 6.45) is 4.73. The molecular weight excluding hydrogens is 458 g/mol. The molecule has 2 aliphatic rings. The molecular formula is C26H35N7O3. The first-order chi connectivity index (χ1) is 17.5. The van der Waals surface area contributed by atoms with Gasteiger partial charge in [0.2, 0.25) is 0 Å². The highest BCUT2D eigenvalue weighted by atomic mass is 16.3. The van der Waals surface area contributed by atoms with E-state index in [-0.39, 0.29) is 22.3 Å². The quantitative estimate of drug-likeness (QED) is 0.535. The van der Waals surface area contributed by atoms with Crippen LogP contribution in [-0.2, 0) is 13.1 Å². The molecule has 1 atom stereocenters. The second-order valence-electron chi connectivity index (χ2n) is 9.84. The molecule has 36 heavy (non-hydrogen) atoms. The number of aryl methyl sites for hydroxylation is 1. The maximum Gasteiger partial charge on any atom is 0.291 e. The lowest BCUT2D eigenvalue weighted by Crippen LogP contribution is -2.59. The van der Waals surface area contributed by atoms with E-state index >= 15 is 0 Å². The molecule has 0 amide bonds. The number of hydrogen-bond acceptors (Lipinski definition) is 8. The summed E-state index contributed by atoms with van der Waals surface area (Å²) in [7, 11) is 0. The number of H-pyrrole nitrogens is 1. The average Bonchev–Trinajstić information content (AvgIpc) is 2.90. The van der Waals surface area contributed by atoms with Crippen molar-refractivity contribution in [2.75, 3.05) is 37.6 Å². The molecule has 4 heterocycles. The van der Waals surface area contributed by atoms with Gasteiger partial charge in [-0.3, -0.25) is 24.0 Å². The van der Waals surface area contributed by atoms with Gasteiger partial charge in [0.15, 0.2) is 17.0 Å². The smallest absolute Gasteiger partial charge is 0.291 e. The van der Waals surface area contributed by atoms with Gasteiger partial charge in [0.25, 0.3) is 11.1 Å². The fraction of sp³-hybridized carbons (Fsp3) is 0.538. The molecule has 1 unspecified atom stereocenters. The number of piperazine rings is 1. The Morgan fingerprint density at radius 3 is 2.50 bits per heavy atom. The van der Waals surface area contributed by atoms with E-state index in [0.717, 1.165) is 58.5 Å². The number of hydrogen-bond donors (Lipinski definition) is 2. The van der Waals surface area contributed by atoms with E-state index < -0.39 is 0 Å². The molecule has 0 bridgehead atoms. The largest absolute Gasteiger partial charge is 0.508 e. The fourth-order valence-electron chi connectivity index (χ4n) is 5.61. The van der Waals surface area contributed by atoms with Gasteiger partial charge in [0.1, 0.15) is 12.1 Å². The van der Waals surface area contributed by atoms with Crippen LogP contribution in [0.5, 0.6) is 5.75 Å². The first-order valence-corrected chi connectivity index (χ1v) is 13.0. The molecule has 0 radical (unpaired) electrons. The van der Waals surface area contributed by atoms with E-state index in [1.807, 2.05) is 19.1 Å². The molecule has 5 rings (SSSR count). The first-order valence-electron chi connectivity index (χ1n) is 13.0. The summed E-state index contributed by atoms with van der Waals surface area (Å²) in [4.78, 5) is 44.2. The zero-order valence-electron chi connectivity index (χ0n) is 21.1. The van der Waals surface area contributed by atoms with Crippen molar-refractivity contribution in [1.82, 2.24) is 29.3 Å². The van der Waals surface area contributed by atoms with Gasteiger partial charge < -0.3 is 15.0 Å². The van der Waals surface area contributed by atoms with Crippen molar-refractivity contribution in [1.29, 1.82) is 0 Å². The minimum absolute atomic E-state index is 0.165. The normalized spacial score (nSPS) is 20.3. The minimum Gasteiger partial charge on any atom is -0.508 e. The number of benzene rings is 1. The van der Waals surface area contributed by atoms with Crippen LogP contribution in [0.4, 0.5) is 5.82 Å². The van der Waals surface area contributed by atoms with Gasteiger partial charge in [-0.2, -0.15) is 0 Å². The van der Waals surface area contributed by atoms with Crippen LogP contribution in [-0.4, -0.2) is 79.2 Å². The number of phenolic OH excluding ortho intramolecular Hbond substituents is 1. The van der Waals surface area contributed by atoms with E-state index in [9.17, 15) is 14.7 Å². The van der Waals surface area contributed by atoms with E-state index in [0.29, 0.717) is 30.2 Å². The molecule has 1 aromatic carbocycles. The maximum absolute atomic E-state index is 12.9. The Morgan fingerprint density at radius 2 is 1.81 bits per heavy atom. The molecule has 0 saturated carbocycles. The van der Waals surface area contributed by atoms with Crippen LogP contribution in [0.1, 0.15) is 38.7 Å². The van der Waals surface area contributed by atoms with Gasteiger partial charge in [-0.1, -0.05) is 19.1 Å². The number of aromatic nitrogens is 4. The third-order valence-corrected chi connectivity index (χ3v) is 7.68. The molecule has 2 saturated heterocycles. The first kappa shape index (κ1) is 24.5. The Balaban J connectivity index is 1.24. The summed E-state index contributed by atoms with van der Waals surface area (Å²) in [5.41, 5.74) is 1.07. The van der Waals surface area contributed by atoms with Crippen molar-refractivity contribution in [3.63, 3.8) is 0 Å². The Hall–Kier alpha value is -3.24. The molecule has 192 valence electrons. The zero-order chi connectivity index (χ0) is 25.2. The van der Waals surface area contributed by atoms with E-state index in [1.54, 1.807) is 12.1 Å². The number of anilines is 1. The van der Waals surface area contributed by atoms with Crippen LogP contribution in [0.3, 0.4) is 0 Å². The second-order valence-corrected chi connectivity index (χ2v) is 9.84. The second kappa shape index (κ2) is 10.4. The van der Waals surface area contributed by atoms with Gasteiger partial charge in [0.05, 0.1) is 0 Å². The fourth-order valence-corrected chi connectivity index (χ4v) is 5.61. The molecule has 10 nitrogen and oxygen atoms in total. The molecule has 2 aromatic heterocycles. The number of likely N-dealkylation sites (tertiary alicyclic amines) is 1. The summed E-state index contributed by atoms with van der Waals surface area (Å²) < 4.78 is 1.46. The Bertz CT molecular complexity index is 1310. The summed E-state index contributed by atoms with van der Waals surface area (Å²) in [5.74, 6) is 0.657. The van der Waals surface area contributed by atoms with Crippen LogP contribution in [0.2, 0.25) is 0 Å². The molecule has 2 N–H and O–H groups in total. The monoisotopic (exact) mass is 493 g/mol. The predicted octanol–water partition coefficient (Wildman–Crippen LogP) is 1.77. The van der Waals surface area contributed by atoms with Crippen molar-refractivity contribution >= 4 is 17.0 Å². The number of rotatable bonds is 6. The standard InChI is InChI=1S/C26H35N7O3/c1-3-19-16-32(24-25(35)28-22-23(29-24)27-17-31(4-2)26(22)36)13-14-33(19)20-9-11-30(12-10-20)15-18-5-7-21(34)8-6-18/h5-8,17,19-20,34H,3-4,9-16H2,1-2H3,(H,28,35). The van der Waals surface area contributed by atoms with E-state index in [2.05, 4.69) is 36.6 Å². The van der Waals surface area contributed by atoms with Crippen molar-refractivity contribution in [3.8, 4) is 5.75 Å².